The minimum absolute atomic E-state index is 0.0565. The Morgan fingerprint density at radius 3 is 2.11 bits per heavy atom. The first kappa shape index (κ1) is 14.6. The third kappa shape index (κ3) is 3.82. The summed E-state index contributed by atoms with van der Waals surface area (Å²) in [4.78, 5) is 0. The lowest BCUT2D eigenvalue weighted by molar-refractivity contribution is 0.0487. The van der Waals surface area contributed by atoms with Crippen LogP contribution >= 0.6 is 0 Å². The highest BCUT2D eigenvalue weighted by Gasteiger charge is 2.45. The Bertz CT molecular complexity index is 441. The Labute approximate surface area is 118 Å². The largest absolute Gasteiger partial charge is 0.325 e. The predicted octanol–water partition coefficient (Wildman–Crippen LogP) is 4.47. The summed E-state index contributed by atoms with van der Waals surface area (Å²) in [5, 5.41) is 0. The van der Waals surface area contributed by atoms with Crippen molar-refractivity contribution in [3.8, 4) is 0 Å². The Kier molecular flexibility index (Phi) is 3.55. The van der Waals surface area contributed by atoms with Crippen LogP contribution in [0.5, 0.6) is 0 Å². The lowest BCUT2D eigenvalue weighted by atomic mass is 9.57. The summed E-state index contributed by atoms with van der Waals surface area (Å²) in [5.41, 5.74) is 10.1. The maximum Gasteiger partial charge on any atom is 0.0205 e. The van der Waals surface area contributed by atoms with E-state index in [9.17, 15) is 0 Å². The van der Waals surface area contributed by atoms with Gasteiger partial charge in [0, 0.05) is 5.54 Å². The highest BCUT2D eigenvalue weighted by molar-refractivity contribution is 5.24. The zero-order valence-electron chi connectivity index (χ0n) is 13.2. The Hall–Kier alpha value is -0.820. The van der Waals surface area contributed by atoms with Crippen molar-refractivity contribution in [1.29, 1.82) is 0 Å². The van der Waals surface area contributed by atoms with Gasteiger partial charge in [0.15, 0.2) is 0 Å². The molecule has 19 heavy (non-hydrogen) atoms. The number of benzene rings is 1. The summed E-state index contributed by atoms with van der Waals surface area (Å²) >= 11 is 0. The van der Waals surface area contributed by atoms with Crippen molar-refractivity contribution in [2.24, 2.45) is 16.6 Å². The van der Waals surface area contributed by atoms with Crippen molar-refractivity contribution >= 4 is 0 Å². The SMILES string of the molecule is Cc1cccc(CC2(N)CC(C)(C)CC(C)(C)C2)c1. The van der Waals surface area contributed by atoms with Crippen LogP contribution in [0.2, 0.25) is 0 Å². The average Bonchev–Trinajstić information content (AvgIpc) is 2.09. The van der Waals surface area contributed by atoms with E-state index in [1.807, 2.05) is 0 Å². The van der Waals surface area contributed by atoms with Crippen molar-refractivity contribution in [1.82, 2.24) is 0 Å². The molecule has 0 saturated heterocycles. The number of nitrogens with two attached hydrogens (primary N) is 1. The molecule has 1 fully saturated rings. The Morgan fingerprint density at radius 1 is 1.00 bits per heavy atom. The molecular formula is C18H29N. The molecule has 0 aromatic heterocycles. The molecule has 1 aliphatic carbocycles. The molecule has 0 heterocycles. The summed E-state index contributed by atoms with van der Waals surface area (Å²) in [5.74, 6) is 0. The maximum absolute atomic E-state index is 6.79. The fraction of sp³-hybridized carbons (Fsp3) is 0.667. The first-order chi connectivity index (χ1) is 8.59. The van der Waals surface area contributed by atoms with Gasteiger partial charge in [0.25, 0.3) is 0 Å². The van der Waals surface area contributed by atoms with Crippen molar-refractivity contribution in [3.63, 3.8) is 0 Å². The minimum atomic E-state index is -0.0565. The van der Waals surface area contributed by atoms with E-state index >= 15 is 0 Å². The monoisotopic (exact) mass is 259 g/mol. The lowest BCUT2D eigenvalue weighted by Gasteiger charge is -2.50. The maximum atomic E-state index is 6.79. The van der Waals surface area contributed by atoms with Crippen molar-refractivity contribution in [2.45, 2.75) is 65.8 Å². The van der Waals surface area contributed by atoms with Gasteiger partial charge in [-0.1, -0.05) is 57.5 Å². The highest BCUT2D eigenvalue weighted by Crippen LogP contribution is 2.50. The molecule has 0 amide bonds. The molecule has 1 aromatic rings. The number of rotatable bonds is 2. The molecule has 1 nitrogen and oxygen atoms in total. The topological polar surface area (TPSA) is 26.0 Å². The van der Waals surface area contributed by atoms with Gasteiger partial charge < -0.3 is 5.73 Å². The van der Waals surface area contributed by atoms with Crippen LogP contribution in [0, 0.1) is 17.8 Å². The predicted molar refractivity (Wildman–Crippen MR) is 83.2 cm³/mol. The smallest absolute Gasteiger partial charge is 0.0205 e. The fourth-order valence-electron chi connectivity index (χ4n) is 4.74. The van der Waals surface area contributed by atoms with Gasteiger partial charge in [-0.3, -0.25) is 0 Å². The van der Waals surface area contributed by atoms with Gasteiger partial charge in [0.2, 0.25) is 0 Å². The van der Waals surface area contributed by atoms with Gasteiger partial charge in [0.1, 0.15) is 0 Å². The van der Waals surface area contributed by atoms with Crippen molar-refractivity contribution in [3.05, 3.63) is 35.4 Å². The molecule has 106 valence electrons. The Morgan fingerprint density at radius 2 is 1.58 bits per heavy atom. The van der Waals surface area contributed by atoms with Crippen LogP contribution in [0.4, 0.5) is 0 Å². The van der Waals surface area contributed by atoms with E-state index in [2.05, 4.69) is 58.9 Å². The van der Waals surface area contributed by atoms with E-state index in [1.54, 1.807) is 0 Å². The first-order valence-corrected chi connectivity index (χ1v) is 7.44. The summed E-state index contributed by atoms with van der Waals surface area (Å²) in [7, 11) is 0. The normalized spacial score (nSPS) is 24.1. The zero-order chi connectivity index (χ0) is 14.3. The van der Waals surface area contributed by atoms with Crippen LogP contribution in [-0.2, 0) is 6.42 Å². The van der Waals surface area contributed by atoms with Crippen LogP contribution in [0.1, 0.15) is 58.1 Å². The van der Waals surface area contributed by atoms with Crippen molar-refractivity contribution in [2.75, 3.05) is 0 Å². The molecular weight excluding hydrogens is 230 g/mol. The van der Waals surface area contributed by atoms with Crippen molar-refractivity contribution < 1.29 is 0 Å². The van der Waals surface area contributed by atoms with Gasteiger partial charge in [0.05, 0.1) is 0 Å². The summed E-state index contributed by atoms with van der Waals surface area (Å²) in [6.45, 7) is 11.6. The molecule has 1 aromatic carbocycles. The van der Waals surface area contributed by atoms with E-state index in [0.29, 0.717) is 10.8 Å². The van der Waals surface area contributed by atoms with E-state index in [0.717, 1.165) is 19.3 Å². The standard InChI is InChI=1S/C18H29N/c1-14-7-6-8-15(9-14)10-18(19)12-16(2,3)11-17(4,5)13-18/h6-9H,10-13,19H2,1-5H3. The lowest BCUT2D eigenvalue weighted by Crippen LogP contribution is -2.53. The highest BCUT2D eigenvalue weighted by atomic mass is 14.8. The molecule has 0 radical (unpaired) electrons. The second kappa shape index (κ2) is 4.63. The molecule has 1 aliphatic rings. The van der Waals surface area contributed by atoms with Gasteiger partial charge in [-0.15, -0.1) is 0 Å². The van der Waals surface area contributed by atoms with E-state index in [4.69, 9.17) is 5.73 Å². The molecule has 2 rings (SSSR count). The summed E-state index contributed by atoms with van der Waals surface area (Å²) in [6.07, 6.45) is 4.52. The van der Waals surface area contributed by atoms with Crippen LogP contribution in [0.3, 0.4) is 0 Å². The van der Waals surface area contributed by atoms with Crippen LogP contribution in [-0.4, -0.2) is 5.54 Å². The number of aryl methyl sites for hydroxylation is 1. The number of hydrogen-bond donors (Lipinski definition) is 1. The van der Waals surface area contributed by atoms with Crippen LogP contribution in [0.25, 0.3) is 0 Å². The van der Waals surface area contributed by atoms with Gasteiger partial charge >= 0.3 is 0 Å². The second-order valence-electron chi connectivity index (χ2n) is 8.39. The van der Waals surface area contributed by atoms with Gasteiger partial charge in [-0.2, -0.15) is 0 Å². The zero-order valence-corrected chi connectivity index (χ0v) is 13.2. The van der Waals surface area contributed by atoms with Gasteiger partial charge in [-0.25, -0.2) is 0 Å². The molecule has 0 aliphatic heterocycles. The van der Waals surface area contributed by atoms with Gasteiger partial charge in [-0.05, 0) is 49.0 Å². The number of hydrogen-bond acceptors (Lipinski definition) is 1. The second-order valence-corrected chi connectivity index (χ2v) is 8.39. The molecule has 0 unspecified atom stereocenters. The van der Waals surface area contributed by atoms with E-state index in [-0.39, 0.29) is 5.54 Å². The Balaban J connectivity index is 2.22. The summed E-state index contributed by atoms with van der Waals surface area (Å²) in [6, 6.07) is 8.80. The molecule has 1 heteroatoms. The molecule has 2 N–H and O–H groups in total. The van der Waals surface area contributed by atoms with Crippen LogP contribution in [0.15, 0.2) is 24.3 Å². The fourth-order valence-corrected chi connectivity index (χ4v) is 4.74. The molecule has 0 spiro atoms. The molecule has 0 bridgehead atoms. The minimum Gasteiger partial charge on any atom is -0.325 e. The average molecular weight is 259 g/mol. The molecule has 0 atom stereocenters. The summed E-state index contributed by atoms with van der Waals surface area (Å²) < 4.78 is 0. The van der Waals surface area contributed by atoms with E-state index < -0.39 is 0 Å². The first-order valence-electron chi connectivity index (χ1n) is 7.44. The van der Waals surface area contributed by atoms with Crippen LogP contribution < -0.4 is 5.73 Å². The molecule has 1 saturated carbocycles. The van der Waals surface area contributed by atoms with E-state index in [1.165, 1.54) is 17.5 Å². The third-order valence-corrected chi connectivity index (χ3v) is 4.26. The quantitative estimate of drug-likeness (QED) is 0.833. The third-order valence-electron chi connectivity index (χ3n) is 4.26.